The van der Waals surface area contributed by atoms with E-state index in [1.807, 2.05) is 29.3 Å². The van der Waals surface area contributed by atoms with Gasteiger partial charge in [0.05, 0.1) is 5.69 Å². The van der Waals surface area contributed by atoms with Gasteiger partial charge in [-0.25, -0.2) is 9.50 Å². The number of nitrogens with zero attached hydrogens (tertiary/aromatic N) is 5. The predicted molar refractivity (Wildman–Crippen MR) is 131 cm³/mol. The summed E-state index contributed by atoms with van der Waals surface area (Å²) >= 11 is 0. The van der Waals surface area contributed by atoms with E-state index in [2.05, 4.69) is 64.4 Å². The van der Waals surface area contributed by atoms with Crippen molar-refractivity contribution in [1.29, 1.82) is 0 Å². The van der Waals surface area contributed by atoms with Crippen LogP contribution in [0.1, 0.15) is 34.6 Å². The molecule has 0 radical (unpaired) electrons. The number of benzene rings is 2. The molecule has 5 rings (SSSR count). The van der Waals surface area contributed by atoms with Crippen LogP contribution in [0.4, 0.5) is 0 Å². The molecule has 3 heterocycles. The molecule has 0 unspecified atom stereocenters. The van der Waals surface area contributed by atoms with Crippen LogP contribution in [0.15, 0.2) is 48.5 Å². The van der Waals surface area contributed by atoms with Crippen molar-refractivity contribution in [3.63, 3.8) is 0 Å². The highest BCUT2D eigenvalue weighted by Gasteiger charge is 2.22. The lowest BCUT2D eigenvalue weighted by atomic mass is 10.0. The number of carbonyl (C=O) groups is 1. The fourth-order valence-corrected chi connectivity index (χ4v) is 5.02. The molecule has 0 aliphatic carbocycles. The van der Waals surface area contributed by atoms with Crippen LogP contribution in [-0.4, -0.2) is 56.5 Å². The van der Waals surface area contributed by atoms with E-state index in [1.165, 1.54) is 16.3 Å². The molecule has 4 aromatic rings. The molecule has 2 aromatic heterocycles. The molecule has 2 aromatic carbocycles. The van der Waals surface area contributed by atoms with E-state index in [-0.39, 0.29) is 5.91 Å². The molecule has 0 bridgehead atoms. The van der Waals surface area contributed by atoms with Gasteiger partial charge < -0.3 is 4.90 Å². The summed E-state index contributed by atoms with van der Waals surface area (Å²) in [6.07, 6.45) is 1.22. The molecule has 0 N–H and O–H groups in total. The van der Waals surface area contributed by atoms with Crippen LogP contribution in [0, 0.1) is 20.8 Å². The third-order valence-electron chi connectivity index (χ3n) is 6.87. The number of fused-ring (bicyclic) bond motifs is 2. The summed E-state index contributed by atoms with van der Waals surface area (Å²) in [6.45, 7) is 10.4. The number of aromatic nitrogens is 3. The summed E-state index contributed by atoms with van der Waals surface area (Å²) in [6, 6.07) is 17.1. The Morgan fingerprint density at radius 2 is 1.73 bits per heavy atom. The van der Waals surface area contributed by atoms with E-state index >= 15 is 0 Å². The van der Waals surface area contributed by atoms with Crippen LogP contribution in [-0.2, 0) is 17.8 Å². The molecule has 1 saturated heterocycles. The van der Waals surface area contributed by atoms with Crippen molar-refractivity contribution < 1.29 is 4.79 Å². The second kappa shape index (κ2) is 8.94. The summed E-state index contributed by atoms with van der Waals surface area (Å²) in [5.41, 5.74) is 6.40. The lowest BCUT2D eigenvalue weighted by Gasteiger charge is -2.35. The topological polar surface area (TPSA) is 53.7 Å². The summed E-state index contributed by atoms with van der Waals surface area (Å²) in [4.78, 5) is 22.1. The number of aryl methyl sites for hydroxylation is 3. The Bertz CT molecular complexity index is 1310. The monoisotopic (exact) mass is 441 g/mol. The number of amides is 1. The van der Waals surface area contributed by atoms with E-state index in [1.54, 1.807) is 0 Å². The maximum atomic E-state index is 13.0. The van der Waals surface area contributed by atoms with Crippen LogP contribution < -0.4 is 0 Å². The second-order valence-corrected chi connectivity index (χ2v) is 9.11. The Balaban J connectivity index is 1.19. The van der Waals surface area contributed by atoms with E-state index in [0.29, 0.717) is 12.8 Å². The predicted octanol–water partition coefficient (Wildman–Crippen LogP) is 4.08. The highest BCUT2D eigenvalue weighted by Crippen LogP contribution is 2.21. The minimum Gasteiger partial charge on any atom is -0.340 e. The van der Waals surface area contributed by atoms with Gasteiger partial charge in [-0.3, -0.25) is 9.69 Å². The molecule has 0 saturated carbocycles. The summed E-state index contributed by atoms with van der Waals surface area (Å²) in [5.74, 6) is 0.232. The number of hydrogen-bond donors (Lipinski definition) is 0. The smallest absolute Gasteiger partial charge is 0.222 e. The van der Waals surface area contributed by atoms with Gasteiger partial charge in [-0.05, 0) is 49.1 Å². The maximum absolute atomic E-state index is 13.0. The third kappa shape index (κ3) is 4.35. The first-order valence-corrected chi connectivity index (χ1v) is 11.8. The van der Waals surface area contributed by atoms with Crippen molar-refractivity contribution in [2.75, 3.05) is 26.2 Å². The quantitative estimate of drug-likeness (QED) is 0.468. The van der Waals surface area contributed by atoms with E-state index in [0.717, 1.165) is 61.0 Å². The Morgan fingerprint density at radius 1 is 0.970 bits per heavy atom. The number of piperazine rings is 1. The summed E-state index contributed by atoms with van der Waals surface area (Å²) < 4.78 is 1.90. The molecule has 1 aliphatic heterocycles. The minimum absolute atomic E-state index is 0.232. The molecular weight excluding hydrogens is 410 g/mol. The van der Waals surface area contributed by atoms with Gasteiger partial charge in [0.25, 0.3) is 0 Å². The fraction of sp³-hybridized carbons (Fsp3) is 0.370. The first kappa shape index (κ1) is 21.6. The van der Waals surface area contributed by atoms with Gasteiger partial charge in [-0.2, -0.15) is 5.10 Å². The van der Waals surface area contributed by atoms with Crippen molar-refractivity contribution in [2.45, 2.75) is 40.2 Å². The molecule has 1 fully saturated rings. The van der Waals surface area contributed by atoms with Gasteiger partial charge in [-0.15, -0.1) is 0 Å². The normalized spacial score (nSPS) is 14.9. The molecular formula is C27H31N5O. The van der Waals surface area contributed by atoms with Crippen LogP contribution >= 0.6 is 0 Å². The Morgan fingerprint density at radius 3 is 2.55 bits per heavy atom. The largest absolute Gasteiger partial charge is 0.340 e. The van der Waals surface area contributed by atoms with Crippen LogP contribution in [0.25, 0.3) is 16.4 Å². The molecule has 6 heteroatoms. The number of carbonyl (C=O) groups excluding carboxylic acids is 1. The zero-order chi connectivity index (χ0) is 22.9. The Labute approximate surface area is 194 Å². The maximum Gasteiger partial charge on any atom is 0.222 e. The molecule has 33 heavy (non-hydrogen) atoms. The zero-order valence-electron chi connectivity index (χ0n) is 19.7. The van der Waals surface area contributed by atoms with Gasteiger partial charge in [0, 0.05) is 56.6 Å². The highest BCUT2D eigenvalue weighted by molar-refractivity contribution is 5.85. The second-order valence-electron chi connectivity index (χ2n) is 9.11. The zero-order valence-corrected chi connectivity index (χ0v) is 19.7. The molecule has 1 amide bonds. The van der Waals surface area contributed by atoms with Crippen LogP contribution in [0.3, 0.4) is 0 Å². The summed E-state index contributed by atoms with van der Waals surface area (Å²) in [7, 11) is 0. The van der Waals surface area contributed by atoms with Crippen molar-refractivity contribution in [1.82, 2.24) is 24.4 Å². The average molecular weight is 442 g/mol. The van der Waals surface area contributed by atoms with Gasteiger partial charge >= 0.3 is 0 Å². The molecule has 0 atom stereocenters. The number of hydrogen-bond acceptors (Lipinski definition) is 4. The van der Waals surface area contributed by atoms with Crippen molar-refractivity contribution in [2.24, 2.45) is 0 Å². The van der Waals surface area contributed by atoms with Crippen LogP contribution in [0.2, 0.25) is 0 Å². The third-order valence-corrected chi connectivity index (χ3v) is 6.87. The van der Waals surface area contributed by atoms with Crippen molar-refractivity contribution in [3.05, 3.63) is 76.7 Å². The van der Waals surface area contributed by atoms with Crippen molar-refractivity contribution >= 4 is 22.3 Å². The Hall–Kier alpha value is -3.25. The Kier molecular flexibility index (Phi) is 5.85. The lowest BCUT2D eigenvalue weighted by Crippen LogP contribution is -2.48. The molecule has 6 nitrogen and oxygen atoms in total. The lowest BCUT2D eigenvalue weighted by molar-refractivity contribution is -0.133. The standard InChI is InChI=1S/C27H31N5O/c1-19-17-26-28-20(2)24(21(3)32(26)29-19)11-12-27(33)31-15-13-30(14-16-31)18-23-9-6-8-22-7-4-5-10-25(22)23/h4-10,17H,11-16,18H2,1-3H3. The minimum atomic E-state index is 0.232. The van der Waals surface area contributed by atoms with Gasteiger partial charge in [-0.1, -0.05) is 42.5 Å². The van der Waals surface area contributed by atoms with Gasteiger partial charge in [0.1, 0.15) is 0 Å². The SMILES string of the molecule is Cc1cc2nc(C)c(CCC(=O)N3CCN(Cc4cccc5ccccc45)CC3)c(C)n2n1. The van der Waals surface area contributed by atoms with E-state index < -0.39 is 0 Å². The molecule has 0 spiro atoms. The summed E-state index contributed by atoms with van der Waals surface area (Å²) in [5, 5.41) is 7.15. The first-order chi connectivity index (χ1) is 16.0. The average Bonchev–Trinajstić information content (AvgIpc) is 3.20. The van der Waals surface area contributed by atoms with E-state index in [9.17, 15) is 4.79 Å². The molecule has 170 valence electrons. The first-order valence-electron chi connectivity index (χ1n) is 11.8. The molecule has 1 aliphatic rings. The van der Waals surface area contributed by atoms with E-state index in [4.69, 9.17) is 0 Å². The van der Waals surface area contributed by atoms with Gasteiger partial charge in [0.15, 0.2) is 5.65 Å². The fourth-order valence-electron chi connectivity index (χ4n) is 5.02. The number of rotatable bonds is 5. The van der Waals surface area contributed by atoms with Crippen LogP contribution in [0.5, 0.6) is 0 Å². The highest BCUT2D eigenvalue weighted by atomic mass is 16.2. The van der Waals surface area contributed by atoms with Gasteiger partial charge in [0.2, 0.25) is 5.91 Å². The van der Waals surface area contributed by atoms with Crippen molar-refractivity contribution in [3.8, 4) is 0 Å².